The molecule has 5 heteroatoms. The summed E-state index contributed by atoms with van der Waals surface area (Å²) in [5.41, 5.74) is 5.60. The Balaban J connectivity index is 1.85. The molecule has 0 radical (unpaired) electrons. The number of rotatable bonds is 4. The molecule has 0 spiro atoms. The minimum atomic E-state index is 0.644. The van der Waals surface area contributed by atoms with Gasteiger partial charge < -0.3 is 10.3 Å². The van der Waals surface area contributed by atoms with Gasteiger partial charge >= 0.3 is 0 Å². The number of aryl methyl sites for hydroxylation is 1. The van der Waals surface area contributed by atoms with Gasteiger partial charge in [-0.25, -0.2) is 0 Å². The summed E-state index contributed by atoms with van der Waals surface area (Å²) in [6, 6.07) is 0. The van der Waals surface area contributed by atoms with Crippen molar-refractivity contribution in [3.8, 4) is 0 Å². The lowest BCUT2D eigenvalue weighted by Crippen LogP contribution is -2.35. The molecule has 5 nitrogen and oxygen atoms in total. The van der Waals surface area contributed by atoms with Gasteiger partial charge in [-0.1, -0.05) is 5.16 Å². The molecule has 1 aliphatic rings. The summed E-state index contributed by atoms with van der Waals surface area (Å²) in [5, 5.41) is 3.93. The van der Waals surface area contributed by atoms with Crippen LogP contribution in [0.2, 0.25) is 0 Å². The first-order valence-electron chi connectivity index (χ1n) is 5.99. The second kappa shape index (κ2) is 5.41. The molecule has 2 N–H and O–H groups in total. The molecule has 1 atom stereocenters. The summed E-state index contributed by atoms with van der Waals surface area (Å²) in [5.74, 6) is 2.18. The van der Waals surface area contributed by atoms with E-state index in [-0.39, 0.29) is 0 Å². The molecule has 0 bridgehead atoms. The van der Waals surface area contributed by atoms with E-state index in [0.717, 1.165) is 44.3 Å². The first kappa shape index (κ1) is 11.5. The van der Waals surface area contributed by atoms with Crippen LogP contribution in [0.25, 0.3) is 0 Å². The average Bonchev–Trinajstić information content (AvgIpc) is 2.65. The van der Waals surface area contributed by atoms with Gasteiger partial charge in [-0.2, -0.15) is 4.98 Å². The van der Waals surface area contributed by atoms with Gasteiger partial charge in [0, 0.05) is 13.5 Å². The van der Waals surface area contributed by atoms with Gasteiger partial charge in [-0.05, 0) is 38.3 Å². The Hall–Kier alpha value is -0.940. The van der Waals surface area contributed by atoms with Crippen molar-refractivity contribution in [3.05, 3.63) is 11.7 Å². The molecule has 2 heterocycles. The number of hydrogen-bond acceptors (Lipinski definition) is 5. The lowest BCUT2D eigenvalue weighted by Gasteiger charge is -2.31. The molecular formula is C11H20N4O. The zero-order valence-electron chi connectivity index (χ0n) is 9.85. The van der Waals surface area contributed by atoms with Gasteiger partial charge in [0.2, 0.25) is 5.89 Å². The maximum Gasteiger partial charge on any atom is 0.223 e. The van der Waals surface area contributed by atoms with E-state index in [1.807, 2.05) is 6.92 Å². The van der Waals surface area contributed by atoms with Crippen LogP contribution in [0, 0.1) is 12.8 Å². The Bertz CT molecular complexity index is 324. The summed E-state index contributed by atoms with van der Waals surface area (Å²) >= 11 is 0. The second-order valence-corrected chi connectivity index (χ2v) is 4.55. The predicted octanol–water partition coefficient (Wildman–Crippen LogP) is 0.939. The standard InChI is InChI=1S/C11H20N4O/c1-9-13-11(14-16-9)8-15-6-2-3-10(7-15)4-5-12/h10H,2-8,12H2,1H3. The molecule has 1 saturated heterocycles. The fraction of sp³-hybridized carbons (Fsp3) is 0.818. The molecule has 1 aromatic heterocycles. The number of hydrogen-bond donors (Lipinski definition) is 1. The summed E-state index contributed by atoms with van der Waals surface area (Å²) in [4.78, 5) is 6.63. The smallest absolute Gasteiger partial charge is 0.223 e. The van der Waals surface area contributed by atoms with Crippen LogP contribution < -0.4 is 5.73 Å². The molecule has 2 rings (SSSR count). The molecule has 1 aliphatic heterocycles. The van der Waals surface area contributed by atoms with E-state index in [1.165, 1.54) is 12.8 Å². The topological polar surface area (TPSA) is 68.2 Å². The third-order valence-corrected chi connectivity index (χ3v) is 3.11. The minimum absolute atomic E-state index is 0.644. The molecule has 90 valence electrons. The molecule has 1 unspecified atom stereocenters. The van der Waals surface area contributed by atoms with Crippen molar-refractivity contribution in [2.24, 2.45) is 11.7 Å². The largest absolute Gasteiger partial charge is 0.340 e. The van der Waals surface area contributed by atoms with Gasteiger partial charge in [0.05, 0.1) is 6.54 Å². The van der Waals surface area contributed by atoms with Crippen LogP contribution >= 0.6 is 0 Å². The Labute approximate surface area is 96.0 Å². The third-order valence-electron chi connectivity index (χ3n) is 3.11. The van der Waals surface area contributed by atoms with E-state index in [4.69, 9.17) is 10.3 Å². The molecule has 0 aromatic carbocycles. The van der Waals surface area contributed by atoms with Crippen molar-refractivity contribution >= 4 is 0 Å². The van der Waals surface area contributed by atoms with E-state index in [9.17, 15) is 0 Å². The number of nitrogens with zero attached hydrogens (tertiary/aromatic N) is 3. The van der Waals surface area contributed by atoms with Gasteiger partial charge in [-0.3, -0.25) is 4.90 Å². The van der Waals surface area contributed by atoms with E-state index < -0.39 is 0 Å². The maximum atomic E-state index is 5.60. The SMILES string of the molecule is Cc1nc(CN2CCCC(CCN)C2)no1. The Kier molecular flexibility index (Phi) is 3.90. The molecule has 0 amide bonds. The zero-order valence-corrected chi connectivity index (χ0v) is 9.85. The second-order valence-electron chi connectivity index (χ2n) is 4.55. The Morgan fingerprint density at radius 1 is 1.56 bits per heavy atom. The van der Waals surface area contributed by atoms with Crippen molar-refractivity contribution in [1.29, 1.82) is 0 Å². The molecule has 1 fully saturated rings. The number of nitrogens with two attached hydrogens (primary N) is 1. The van der Waals surface area contributed by atoms with Gasteiger partial charge in [0.1, 0.15) is 0 Å². The lowest BCUT2D eigenvalue weighted by molar-refractivity contribution is 0.158. The summed E-state index contributed by atoms with van der Waals surface area (Å²) in [7, 11) is 0. The summed E-state index contributed by atoms with van der Waals surface area (Å²) in [6.45, 7) is 5.67. The van der Waals surface area contributed by atoms with Crippen LogP contribution in [-0.2, 0) is 6.54 Å². The van der Waals surface area contributed by atoms with Crippen LogP contribution in [0.1, 0.15) is 31.0 Å². The highest BCUT2D eigenvalue weighted by molar-refractivity contribution is 4.85. The van der Waals surface area contributed by atoms with E-state index in [0.29, 0.717) is 5.89 Å². The zero-order chi connectivity index (χ0) is 11.4. The first-order chi connectivity index (χ1) is 7.78. The number of likely N-dealkylation sites (tertiary alicyclic amines) is 1. The van der Waals surface area contributed by atoms with Crippen molar-refractivity contribution in [3.63, 3.8) is 0 Å². The highest BCUT2D eigenvalue weighted by atomic mass is 16.5. The summed E-state index contributed by atoms with van der Waals surface area (Å²) in [6.07, 6.45) is 3.68. The van der Waals surface area contributed by atoms with Crippen LogP contribution in [0.5, 0.6) is 0 Å². The van der Waals surface area contributed by atoms with Crippen LogP contribution in [0.3, 0.4) is 0 Å². The molecule has 16 heavy (non-hydrogen) atoms. The fourth-order valence-corrected chi connectivity index (χ4v) is 2.37. The van der Waals surface area contributed by atoms with E-state index in [2.05, 4.69) is 15.0 Å². The Morgan fingerprint density at radius 3 is 3.12 bits per heavy atom. The van der Waals surface area contributed by atoms with Crippen molar-refractivity contribution in [2.45, 2.75) is 32.7 Å². The van der Waals surface area contributed by atoms with Crippen molar-refractivity contribution < 1.29 is 4.52 Å². The maximum absolute atomic E-state index is 5.60. The van der Waals surface area contributed by atoms with Crippen molar-refractivity contribution in [1.82, 2.24) is 15.0 Å². The van der Waals surface area contributed by atoms with E-state index >= 15 is 0 Å². The van der Waals surface area contributed by atoms with Gasteiger partial charge in [0.25, 0.3) is 0 Å². The lowest BCUT2D eigenvalue weighted by atomic mass is 9.95. The average molecular weight is 224 g/mol. The van der Waals surface area contributed by atoms with Crippen LogP contribution in [0.15, 0.2) is 4.52 Å². The number of aromatic nitrogens is 2. The molecule has 0 aliphatic carbocycles. The summed E-state index contributed by atoms with van der Waals surface area (Å²) < 4.78 is 4.97. The minimum Gasteiger partial charge on any atom is -0.340 e. The molecule has 0 saturated carbocycles. The quantitative estimate of drug-likeness (QED) is 0.824. The Morgan fingerprint density at radius 2 is 2.44 bits per heavy atom. The molecular weight excluding hydrogens is 204 g/mol. The van der Waals surface area contributed by atoms with Crippen molar-refractivity contribution in [2.75, 3.05) is 19.6 Å². The predicted molar refractivity (Wildman–Crippen MR) is 60.7 cm³/mol. The third kappa shape index (κ3) is 3.02. The van der Waals surface area contributed by atoms with Gasteiger partial charge in [0.15, 0.2) is 5.82 Å². The van der Waals surface area contributed by atoms with Crippen LogP contribution in [-0.4, -0.2) is 34.7 Å². The normalized spacial score (nSPS) is 22.5. The highest BCUT2D eigenvalue weighted by Crippen LogP contribution is 2.19. The first-order valence-corrected chi connectivity index (χ1v) is 5.99. The monoisotopic (exact) mass is 224 g/mol. The number of piperidine rings is 1. The highest BCUT2D eigenvalue weighted by Gasteiger charge is 2.20. The van der Waals surface area contributed by atoms with E-state index in [1.54, 1.807) is 0 Å². The molecule has 1 aromatic rings. The van der Waals surface area contributed by atoms with Crippen LogP contribution in [0.4, 0.5) is 0 Å². The fourth-order valence-electron chi connectivity index (χ4n) is 2.37. The van der Waals surface area contributed by atoms with Gasteiger partial charge in [-0.15, -0.1) is 0 Å².